The fraction of sp³-hybridized carbons (Fsp3) is 0.429. The number of benzene rings is 1. The highest BCUT2D eigenvalue weighted by Gasteiger charge is 2.06. The van der Waals surface area contributed by atoms with Gasteiger partial charge in [0.15, 0.2) is 4.34 Å². The Morgan fingerprint density at radius 2 is 2.20 bits per heavy atom. The van der Waals surface area contributed by atoms with Crippen molar-refractivity contribution in [2.75, 3.05) is 6.54 Å². The molecule has 1 N–H and O–H groups in total. The van der Waals surface area contributed by atoms with Crippen molar-refractivity contribution < 1.29 is 0 Å². The summed E-state index contributed by atoms with van der Waals surface area (Å²) in [5.41, 5.74) is 1.28. The van der Waals surface area contributed by atoms with E-state index in [1.54, 1.807) is 11.8 Å². The summed E-state index contributed by atoms with van der Waals surface area (Å²) in [6, 6.07) is 6.44. The number of rotatable bonds is 6. The minimum atomic E-state index is 0.671. The summed E-state index contributed by atoms with van der Waals surface area (Å²) in [7, 11) is 0. The van der Waals surface area contributed by atoms with Crippen molar-refractivity contribution in [2.24, 2.45) is 5.92 Å². The second-order valence-electron chi connectivity index (χ2n) is 4.99. The molecule has 2 aromatic rings. The van der Waals surface area contributed by atoms with Gasteiger partial charge in [-0.2, -0.15) is 4.37 Å². The number of aryl methyl sites for hydroxylation is 1. The molecule has 0 unspecified atom stereocenters. The summed E-state index contributed by atoms with van der Waals surface area (Å²) in [6.07, 6.45) is 0. The van der Waals surface area contributed by atoms with Crippen LogP contribution < -0.4 is 5.32 Å². The van der Waals surface area contributed by atoms with Gasteiger partial charge in [-0.25, -0.2) is 4.98 Å². The summed E-state index contributed by atoms with van der Waals surface area (Å²) in [4.78, 5) is 5.55. The first-order valence-electron chi connectivity index (χ1n) is 6.52. The van der Waals surface area contributed by atoms with Crippen LogP contribution >= 0.6 is 39.2 Å². The molecule has 6 heteroatoms. The fourth-order valence-electron chi connectivity index (χ4n) is 1.65. The van der Waals surface area contributed by atoms with Crippen LogP contribution in [0, 0.1) is 12.8 Å². The molecule has 0 bridgehead atoms. The predicted octanol–water partition coefficient (Wildman–Crippen LogP) is 4.51. The quantitative estimate of drug-likeness (QED) is 0.810. The molecule has 0 aliphatic heterocycles. The molecule has 1 aromatic heterocycles. The van der Waals surface area contributed by atoms with Crippen molar-refractivity contribution in [1.29, 1.82) is 0 Å². The molecule has 0 saturated carbocycles. The Morgan fingerprint density at radius 1 is 1.40 bits per heavy atom. The second-order valence-corrected chi connectivity index (χ2v) is 7.91. The number of nitrogens with zero attached hydrogens (tertiary/aromatic N) is 2. The summed E-state index contributed by atoms with van der Waals surface area (Å²) < 4.78 is 6.32. The molecular weight excluding hydrogens is 354 g/mol. The van der Waals surface area contributed by atoms with Crippen molar-refractivity contribution in [3.63, 3.8) is 0 Å². The number of nitrogens with one attached hydrogen (secondary N) is 1. The minimum Gasteiger partial charge on any atom is -0.312 e. The smallest absolute Gasteiger partial charge is 0.174 e. The van der Waals surface area contributed by atoms with Crippen molar-refractivity contribution in [2.45, 2.75) is 36.6 Å². The van der Waals surface area contributed by atoms with Gasteiger partial charge in [-0.05, 0) is 48.6 Å². The number of halogens is 1. The molecular formula is C14H18BrN3S2. The van der Waals surface area contributed by atoms with E-state index in [2.05, 4.69) is 62.7 Å². The lowest BCUT2D eigenvalue weighted by Gasteiger charge is -2.10. The Kier molecular flexibility index (Phi) is 6.01. The second kappa shape index (κ2) is 7.54. The molecule has 108 valence electrons. The maximum Gasteiger partial charge on any atom is 0.174 e. The van der Waals surface area contributed by atoms with E-state index in [9.17, 15) is 0 Å². The molecule has 0 amide bonds. The Hall–Kier alpha value is -0.430. The SMILES string of the molecule is Cc1nsc(Sc2ccc(CNCC(C)C)c(Br)c2)n1. The van der Waals surface area contributed by atoms with Crippen LogP contribution in [0.3, 0.4) is 0 Å². The Morgan fingerprint density at radius 3 is 2.80 bits per heavy atom. The predicted molar refractivity (Wildman–Crippen MR) is 89.5 cm³/mol. The first-order chi connectivity index (χ1) is 9.54. The molecule has 0 radical (unpaired) electrons. The van der Waals surface area contributed by atoms with E-state index in [4.69, 9.17) is 0 Å². The van der Waals surface area contributed by atoms with E-state index < -0.39 is 0 Å². The lowest BCUT2D eigenvalue weighted by Crippen LogP contribution is -2.19. The lowest BCUT2D eigenvalue weighted by molar-refractivity contribution is 0.551. The summed E-state index contributed by atoms with van der Waals surface area (Å²) >= 11 is 6.75. The summed E-state index contributed by atoms with van der Waals surface area (Å²) in [6.45, 7) is 8.27. The molecule has 0 atom stereocenters. The van der Waals surface area contributed by atoms with Crippen LogP contribution in [0.1, 0.15) is 25.2 Å². The largest absolute Gasteiger partial charge is 0.312 e. The van der Waals surface area contributed by atoms with Crippen LogP contribution in [0.25, 0.3) is 0 Å². The topological polar surface area (TPSA) is 37.8 Å². The third-order valence-corrected chi connectivity index (χ3v) is 5.18. The molecule has 3 nitrogen and oxygen atoms in total. The Labute approximate surface area is 136 Å². The molecule has 2 rings (SSSR count). The molecule has 0 aliphatic carbocycles. The van der Waals surface area contributed by atoms with Gasteiger partial charge in [0.05, 0.1) is 0 Å². The van der Waals surface area contributed by atoms with Crippen molar-refractivity contribution in [3.8, 4) is 0 Å². The highest BCUT2D eigenvalue weighted by molar-refractivity contribution is 9.10. The zero-order valence-corrected chi connectivity index (χ0v) is 15.0. The first kappa shape index (κ1) is 15.9. The van der Waals surface area contributed by atoms with E-state index in [0.29, 0.717) is 5.92 Å². The average Bonchev–Trinajstić information content (AvgIpc) is 2.77. The number of hydrogen-bond acceptors (Lipinski definition) is 5. The molecule has 20 heavy (non-hydrogen) atoms. The maximum atomic E-state index is 4.37. The third-order valence-electron chi connectivity index (χ3n) is 2.61. The highest BCUT2D eigenvalue weighted by Crippen LogP contribution is 2.31. The van der Waals surface area contributed by atoms with Crippen molar-refractivity contribution in [3.05, 3.63) is 34.1 Å². The van der Waals surface area contributed by atoms with Gasteiger partial charge in [0, 0.05) is 15.9 Å². The van der Waals surface area contributed by atoms with Crippen LogP contribution in [0.4, 0.5) is 0 Å². The van der Waals surface area contributed by atoms with Crippen LogP contribution in [0.15, 0.2) is 31.9 Å². The normalized spacial score (nSPS) is 11.2. The standard InChI is InChI=1S/C14H18BrN3S2/c1-9(2)7-16-8-11-4-5-12(6-13(11)15)19-14-17-10(3)18-20-14/h4-6,9,16H,7-8H2,1-3H3. The van der Waals surface area contributed by atoms with Gasteiger partial charge >= 0.3 is 0 Å². The van der Waals surface area contributed by atoms with Crippen molar-refractivity contribution >= 4 is 39.2 Å². The highest BCUT2D eigenvalue weighted by atomic mass is 79.9. The van der Waals surface area contributed by atoms with E-state index in [1.807, 2.05) is 6.92 Å². The summed E-state index contributed by atoms with van der Waals surface area (Å²) in [5.74, 6) is 1.51. The van der Waals surface area contributed by atoms with Gasteiger partial charge in [-0.3, -0.25) is 0 Å². The summed E-state index contributed by atoms with van der Waals surface area (Å²) in [5, 5.41) is 3.46. The van der Waals surface area contributed by atoms with Gasteiger partial charge in [0.2, 0.25) is 0 Å². The van der Waals surface area contributed by atoms with E-state index in [0.717, 1.165) is 27.7 Å². The number of aromatic nitrogens is 2. The number of hydrogen-bond donors (Lipinski definition) is 1. The van der Waals surface area contributed by atoms with Crippen LogP contribution in [0.5, 0.6) is 0 Å². The van der Waals surface area contributed by atoms with Gasteiger partial charge in [-0.1, -0.05) is 47.6 Å². The molecule has 1 heterocycles. The third kappa shape index (κ3) is 4.84. The average molecular weight is 372 g/mol. The van der Waals surface area contributed by atoms with Gasteiger partial charge in [0.1, 0.15) is 5.82 Å². The minimum absolute atomic E-state index is 0.671. The fourth-order valence-corrected chi connectivity index (χ4v) is 3.99. The lowest BCUT2D eigenvalue weighted by atomic mass is 10.2. The molecule has 0 spiro atoms. The van der Waals surface area contributed by atoms with Gasteiger partial charge < -0.3 is 5.32 Å². The first-order valence-corrected chi connectivity index (χ1v) is 8.90. The Bertz CT molecular complexity index is 569. The zero-order chi connectivity index (χ0) is 14.5. The van der Waals surface area contributed by atoms with E-state index >= 15 is 0 Å². The monoisotopic (exact) mass is 371 g/mol. The maximum absolute atomic E-state index is 4.37. The van der Waals surface area contributed by atoms with Crippen LogP contribution in [0.2, 0.25) is 0 Å². The Balaban J connectivity index is 1.98. The van der Waals surface area contributed by atoms with Gasteiger partial charge in [0.25, 0.3) is 0 Å². The molecule has 1 aromatic carbocycles. The van der Waals surface area contributed by atoms with Gasteiger partial charge in [-0.15, -0.1) is 0 Å². The van der Waals surface area contributed by atoms with Crippen molar-refractivity contribution in [1.82, 2.24) is 14.7 Å². The van der Waals surface area contributed by atoms with Crippen LogP contribution in [-0.4, -0.2) is 15.9 Å². The zero-order valence-electron chi connectivity index (χ0n) is 11.8. The molecule has 0 saturated heterocycles. The van der Waals surface area contributed by atoms with E-state index in [1.165, 1.54) is 22.0 Å². The van der Waals surface area contributed by atoms with E-state index in [-0.39, 0.29) is 0 Å². The molecule has 0 aliphatic rings. The molecule has 0 fully saturated rings. The van der Waals surface area contributed by atoms with Crippen LogP contribution in [-0.2, 0) is 6.54 Å².